The number of hydrogen-bond donors (Lipinski definition) is 3. The average Bonchev–Trinajstić information content (AvgIpc) is 2.90. The van der Waals surface area contributed by atoms with Crippen molar-refractivity contribution in [1.82, 2.24) is 0 Å². The Kier molecular flexibility index (Phi) is 6.98. The largest absolute Gasteiger partial charge is 0.491 e. The van der Waals surface area contributed by atoms with E-state index in [0.29, 0.717) is 39.4 Å². The number of aliphatic hydroxyl groups is 1. The molecule has 0 heterocycles. The van der Waals surface area contributed by atoms with Crippen molar-refractivity contribution < 1.29 is 19.4 Å². The number of carbonyl (C=O) groups excluding carboxylic acids is 2. The number of ketones is 2. The number of carbonyl (C=O) groups is 2. The maximum Gasteiger partial charge on any atom is 0.196 e. The predicted molar refractivity (Wildman–Crippen MR) is 155 cm³/mol. The molecule has 0 radical (unpaired) electrons. The van der Waals surface area contributed by atoms with Crippen molar-refractivity contribution in [2.75, 3.05) is 23.8 Å². The van der Waals surface area contributed by atoms with Gasteiger partial charge in [0, 0.05) is 22.5 Å². The lowest BCUT2D eigenvalue weighted by molar-refractivity contribution is 0.0980. The molecule has 6 nitrogen and oxygen atoms in total. The molecule has 39 heavy (non-hydrogen) atoms. The van der Waals surface area contributed by atoms with Gasteiger partial charge in [-0.25, -0.2) is 0 Å². The molecule has 5 rings (SSSR count). The third-order valence-electron chi connectivity index (χ3n) is 7.14. The standard InChI is InChI=1S/C33H32N2O4/c1-18-14-19(2)30(20(3)15-18)34-26-10-11-27(35-31-21(4)16-23(17-22(31)5)39-13-12-36)29-28(26)32(37)24-8-6-7-9-25(24)33(29)38/h6-11,14-17,34-36H,12-13H2,1-5H3. The summed E-state index contributed by atoms with van der Waals surface area (Å²) in [6.45, 7) is 10.2. The topological polar surface area (TPSA) is 87.7 Å². The van der Waals surface area contributed by atoms with Gasteiger partial charge >= 0.3 is 0 Å². The number of aliphatic hydroxyl groups excluding tert-OH is 1. The van der Waals surface area contributed by atoms with Crippen molar-refractivity contribution >= 4 is 34.3 Å². The van der Waals surface area contributed by atoms with Crippen LogP contribution < -0.4 is 15.4 Å². The van der Waals surface area contributed by atoms with Crippen LogP contribution in [-0.4, -0.2) is 29.9 Å². The van der Waals surface area contributed by atoms with Crippen LogP contribution in [0.4, 0.5) is 22.7 Å². The minimum atomic E-state index is -0.193. The second kappa shape index (κ2) is 10.4. The summed E-state index contributed by atoms with van der Waals surface area (Å²) in [5.74, 6) is 0.284. The molecule has 3 N–H and O–H groups in total. The molecule has 0 aromatic heterocycles. The number of aryl methyl sites for hydroxylation is 5. The van der Waals surface area contributed by atoms with Crippen LogP contribution in [0.5, 0.6) is 5.75 Å². The zero-order chi connectivity index (χ0) is 27.8. The summed E-state index contributed by atoms with van der Waals surface area (Å²) >= 11 is 0. The minimum Gasteiger partial charge on any atom is -0.491 e. The number of nitrogens with one attached hydrogen (secondary N) is 2. The highest BCUT2D eigenvalue weighted by Gasteiger charge is 2.34. The molecule has 0 amide bonds. The van der Waals surface area contributed by atoms with Gasteiger partial charge < -0.3 is 20.5 Å². The first-order valence-electron chi connectivity index (χ1n) is 13.0. The smallest absolute Gasteiger partial charge is 0.196 e. The predicted octanol–water partition coefficient (Wildman–Crippen LogP) is 6.86. The Balaban J connectivity index is 1.65. The van der Waals surface area contributed by atoms with Crippen LogP contribution in [0, 0.1) is 34.6 Å². The fourth-order valence-electron chi connectivity index (χ4n) is 5.45. The summed E-state index contributed by atoms with van der Waals surface area (Å²) in [6, 6.07) is 18.7. The molecule has 0 fully saturated rings. The molecular formula is C33H32N2O4. The lowest BCUT2D eigenvalue weighted by atomic mass is 9.82. The van der Waals surface area contributed by atoms with E-state index in [1.54, 1.807) is 24.3 Å². The van der Waals surface area contributed by atoms with Crippen molar-refractivity contribution in [3.8, 4) is 5.75 Å². The molecular weight excluding hydrogens is 488 g/mol. The fourth-order valence-corrected chi connectivity index (χ4v) is 5.45. The Hall–Kier alpha value is -4.42. The molecule has 6 heteroatoms. The van der Waals surface area contributed by atoms with Crippen LogP contribution in [0.2, 0.25) is 0 Å². The van der Waals surface area contributed by atoms with Gasteiger partial charge in [0.15, 0.2) is 11.6 Å². The molecule has 0 unspecified atom stereocenters. The van der Waals surface area contributed by atoms with Crippen LogP contribution in [0.15, 0.2) is 60.7 Å². The van der Waals surface area contributed by atoms with E-state index in [1.165, 1.54) is 0 Å². The third-order valence-corrected chi connectivity index (χ3v) is 7.14. The average molecular weight is 521 g/mol. The van der Waals surface area contributed by atoms with Crippen molar-refractivity contribution in [3.63, 3.8) is 0 Å². The maximum absolute atomic E-state index is 13.9. The summed E-state index contributed by atoms with van der Waals surface area (Å²) in [4.78, 5) is 27.8. The first-order valence-corrected chi connectivity index (χ1v) is 13.0. The second-order valence-electron chi connectivity index (χ2n) is 10.1. The van der Waals surface area contributed by atoms with Crippen molar-refractivity contribution in [3.05, 3.63) is 111 Å². The molecule has 0 atom stereocenters. The van der Waals surface area contributed by atoms with Crippen LogP contribution in [0.1, 0.15) is 59.7 Å². The quantitative estimate of drug-likeness (QED) is 0.217. The highest BCUT2D eigenvalue weighted by Crippen LogP contribution is 2.40. The fraction of sp³-hybridized carbons (Fsp3) is 0.212. The number of hydrogen-bond acceptors (Lipinski definition) is 6. The Morgan fingerprint density at radius 1 is 0.667 bits per heavy atom. The van der Waals surface area contributed by atoms with Gasteiger partial charge in [-0.2, -0.15) is 0 Å². The van der Waals surface area contributed by atoms with E-state index >= 15 is 0 Å². The van der Waals surface area contributed by atoms with Gasteiger partial charge in [-0.3, -0.25) is 9.59 Å². The Morgan fingerprint density at radius 3 is 1.54 bits per heavy atom. The zero-order valence-corrected chi connectivity index (χ0v) is 22.9. The number of ether oxygens (including phenoxy) is 1. The third kappa shape index (κ3) is 4.79. The normalized spacial score (nSPS) is 12.2. The van der Waals surface area contributed by atoms with E-state index in [0.717, 1.165) is 39.2 Å². The lowest BCUT2D eigenvalue weighted by Crippen LogP contribution is -2.23. The highest BCUT2D eigenvalue weighted by molar-refractivity contribution is 6.32. The number of rotatable bonds is 7. The summed E-state index contributed by atoms with van der Waals surface area (Å²) in [7, 11) is 0. The van der Waals surface area contributed by atoms with Crippen LogP contribution in [-0.2, 0) is 0 Å². The van der Waals surface area contributed by atoms with Crippen LogP contribution in [0.3, 0.4) is 0 Å². The lowest BCUT2D eigenvalue weighted by Gasteiger charge is -2.25. The molecule has 1 aliphatic rings. The van der Waals surface area contributed by atoms with E-state index in [1.807, 2.05) is 52.0 Å². The summed E-state index contributed by atoms with van der Waals surface area (Å²) in [5, 5.41) is 16.0. The van der Waals surface area contributed by atoms with E-state index in [2.05, 4.69) is 29.7 Å². The van der Waals surface area contributed by atoms with Crippen molar-refractivity contribution in [1.29, 1.82) is 0 Å². The highest BCUT2D eigenvalue weighted by atomic mass is 16.5. The Morgan fingerprint density at radius 2 is 1.10 bits per heavy atom. The number of benzene rings is 4. The van der Waals surface area contributed by atoms with Gasteiger partial charge in [-0.05, 0) is 81.1 Å². The Bertz CT molecular complexity index is 1590. The molecule has 198 valence electrons. The molecule has 1 aliphatic carbocycles. The van der Waals surface area contributed by atoms with Crippen LogP contribution in [0.25, 0.3) is 0 Å². The SMILES string of the molecule is Cc1cc(C)c(Nc2ccc(Nc3c(C)cc(OCCO)cc3C)c3c2C(=O)c2ccccc2C3=O)c(C)c1. The summed E-state index contributed by atoms with van der Waals surface area (Å²) in [6.07, 6.45) is 0. The number of anilines is 4. The molecule has 4 aromatic rings. The van der Waals surface area contributed by atoms with Gasteiger partial charge in [0.1, 0.15) is 12.4 Å². The Labute approximate surface area is 228 Å². The van der Waals surface area contributed by atoms with Gasteiger partial charge in [-0.1, -0.05) is 42.0 Å². The first kappa shape index (κ1) is 26.2. The van der Waals surface area contributed by atoms with E-state index < -0.39 is 0 Å². The molecule has 0 bridgehead atoms. The molecule has 0 spiro atoms. The molecule has 0 aliphatic heterocycles. The monoisotopic (exact) mass is 520 g/mol. The molecule has 4 aromatic carbocycles. The van der Waals surface area contributed by atoms with Crippen molar-refractivity contribution in [2.24, 2.45) is 0 Å². The van der Waals surface area contributed by atoms with Gasteiger partial charge in [0.25, 0.3) is 0 Å². The minimum absolute atomic E-state index is 0.0656. The first-order chi connectivity index (χ1) is 18.7. The van der Waals surface area contributed by atoms with Gasteiger partial charge in [0.05, 0.1) is 29.1 Å². The van der Waals surface area contributed by atoms with E-state index in [9.17, 15) is 9.59 Å². The second-order valence-corrected chi connectivity index (χ2v) is 10.1. The van der Waals surface area contributed by atoms with Crippen molar-refractivity contribution in [2.45, 2.75) is 34.6 Å². The van der Waals surface area contributed by atoms with Gasteiger partial charge in [-0.15, -0.1) is 0 Å². The zero-order valence-electron chi connectivity index (χ0n) is 22.9. The van der Waals surface area contributed by atoms with E-state index in [4.69, 9.17) is 9.84 Å². The summed E-state index contributed by atoms with van der Waals surface area (Å²) < 4.78 is 5.60. The van der Waals surface area contributed by atoms with Crippen LogP contribution >= 0.6 is 0 Å². The molecule has 0 saturated carbocycles. The van der Waals surface area contributed by atoms with Gasteiger partial charge in [0.2, 0.25) is 0 Å². The number of fused-ring (bicyclic) bond motifs is 2. The maximum atomic E-state index is 13.9. The van der Waals surface area contributed by atoms with E-state index in [-0.39, 0.29) is 24.8 Å². The summed E-state index contributed by atoms with van der Waals surface area (Å²) in [5.41, 5.74) is 9.56. The molecule has 0 saturated heterocycles.